The molecule has 2 fully saturated rings. The number of halogens is 1. The van der Waals surface area contributed by atoms with Gasteiger partial charge in [0.05, 0.1) is 13.7 Å². The number of carbonyl (C=O) groups is 2. The number of nitrogens with zero attached hydrogens (tertiary/aromatic N) is 1. The summed E-state index contributed by atoms with van der Waals surface area (Å²) in [6.07, 6.45) is 3.16. The van der Waals surface area contributed by atoms with E-state index in [2.05, 4.69) is 17.6 Å². The standard InChI is InChI=1S/C25H30FN3O3/c1-16(19-8-10-22(26)23(14-19)32-2)28-21-9-7-20(13-21)17-3-5-18(6-4-17)25(31)29-12-11-27-24(30)15-29/h3-6,8,10,14,16,20-21,28H,7,9,11-13,15H2,1-2H3,(H,27,30)/t16-,20-,21+/m1/s1. The molecule has 32 heavy (non-hydrogen) atoms. The van der Waals surface area contributed by atoms with E-state index in [1.54, 1.807) is 17.0 Å². The van der Waals surface area contributed by atoms with Crippen molar-refractivity contribution in [1.29, 1.82) is 0 Å². The van der Waals surface area contributed by atoms with Crippen LogP contribution in [-0.4, -0.2) is 49.5 Å². The van der Waals surface area contributed by atoms with E-state index in [-0.39, 0.29) is 36.0 Å². The van der Waals surface area contributed by atoms with Gasteiger partial charge in [0.15, 0.2) is 11.6 Å². The summed E-state index contributed by atoms with van der Waals surface area (Å²) in [4.78, 5) is 25.8. The predicted molar refractivity (Wildman–Crippen MR) is 120 cm³/mol. The van der Waals surface area contributed by atoms with Crippen LogP contribution in [0.5, 0.6) is 5.75 Å². The molecule has 2 aliphatic rings. The van der Waals surface area contributed by atoms with Crippen molar-refractivity contribution < 1.29 is 18.7 Å². The van der Waals surface area contributed by atoms with Gasteiger partial charge in [-0.15, -0.1) is 0 Å². The van der Waals surface area contributed by atoms with Crippen LogP contribution in [0, 0.1) is 5.82 Å². The Kier molecular flexibility index (Phi) is 6.74. The summed E-state index contributed by atoms with van der Waals surface area (Å²) in [6, 6.07) is 13.3. The van der Waals surface area contributed by atoms with Gasteiger partial charge in [-0.2, -0.15) is 0 Å². The Morgan fingerprint density at radius 2 is 2.00 bits per heavy atom. The number of rotatable bonds is 6. The van der Waals surface area contributed by atoms with E-state index < -0.39 is 0 Å². The highest BCUT2D eigenvalue weighted by Gasteiger charge is 2.28. The SMILES string of the molecule is COc1cc([C@@H](C)N[C@H]2CC[C@@H](c3ccc(C(=O)N4CCNC(=O)C4)cc3)C2)ccc1F. The highest BCUT2D eigenvalue weighted by molar-refractivity contribution is 5.97. The molecule has 1 saturated heterocycles. The van der Waals surface area contributed by atoms with E-state index in [0.717, 1.165) is 24.8 Å². The van der Waals surface area contributed by atoms with E-state index in [0.29, 0.717) is 30.6 Å². The molecule has 1 saturated carbocycles. The first kappa shape index (κ1) is 22.3. The molecule has 170 valence electrons. The molecule has 4 rings (SSSR count). The first-order valence-corrected chi connectivity index (χ1v) is 11.2. The van der Waals surface area contributed by atoms with Crippen molar-refractivity contribution in [3.63, 3.8) is 0 Å². The minimum atomic E-state index is -0.352. The molecule has 0 aromatic heterocycles. The normalized spacial score (nSPS) is 21.8. The first-order chi connectivity index (χ1) is 15.4. The van der Waals surface area contributed by atoms with Crippen molar-refractivity contribution in [2.75, 3.05) is 26.7 Å². The van der Waals surface area contributed by atoms with Crippen LogP contribution >= 0.6 is 0 Å². The molecule has 0 radical (unpaired) electrons. The molecule has 0 bridgehead atoms. The molecule has 7 heteroatoms. The maximum absolute atomic E-state index is 13.7. The third-order valence-corrected chi connectivity index (χ3v) is 6.55. The van der Waals surface area contributed by atoms with Gasteiger partial charge in [0.25, 0.3) is 5.91 Å². The van der Waals surface area contributed by atoms with Gasteiger partial charge in [0.1, 0.15) is 0 Å². The van der Waals surface area contributed by atoms with Crippen LogP contribution in [0.2, 0.25) is 0 Å². The third kappa shape index (κ3) is 4.93. The van der Waals surface area contributed by atoms with Crippen molar-refractivity contribution in [2.24, 2.45) is 0 Å². The van der Waals surface area contributed by atoms with E-state index in [1.165, 1.54) is 18.7 Å². The Hall–Kier alpha value is -2.93. The lowest BCUT2D eigenvalue weighted by atomic mass is 9.96. The number of amides is 2. The zero-order valence-electron chi connectivity index (χ0n) is 18.6. The number of hydrogen-bond acceptors (Lipinski definition) is 4. The Morgan fingerprint density at radius 3 is 2.72 bits per heavy atom. The lowest BCUT2D eigenvalue weighted by Gasteiger charge is -2.26. The third-order valence-electron chi connectivity index (χ3n) is 6.55. The highest BCUT2D eigenvalue weighted by Crippen LogP contribution is 2.36. The summed E-state index contributed by atoms with van der Waals surface area (Å²) in [5.74, 6) is 0.141. The topological polar surface area (TPSA) is 70.7 Å². The van der Waals surface area contributed by atoms with Gasteiger partial charge in [0, 0.05) is 30.7 Å². The predicted octanol–water partition coefficient (Wildman–Crippen LogP) is 3.39. The van der Waals surface area contributed by atoms with Crippen molar-refractivity contribution in [2.45, 2.75) is 44.2 Å². The van der Waals surface area contributed by atoms with E-state index in [4.69, 9.17) is 4.74 Å². The number of hydrogen-bond donors (Lipinski definition) is 2. The number of nitrogens with one attached hydrogen (secondary N) is 2. The summed E-state index contributed by atoms with van der Waals surface area (Å²) in [7, 11) is 1.48. The molecule has 0 unspecified atom stereocenters. The average molecular weight is 440 g/mol. The Labute approximate surface area is 188 Å². The second-order valence-electron chi connectivity index (χ2n) is 8.69. The van der Waals surface area contributed by atoms with Gasteiger partial charge in [-0.1, -0.05) is 18.2 Å². The Balaban J connectivity index is 1.34. The summed E-state index contributed by atoms with van der Waals surface area (Å²) in [5, 5.41) is 6.40. The van der Waals surface area contributed by atoms with Gasteiger partial charge < -0.3 is 20.3 Å². The van der Waals surface area contributed by atoms with E-state index in [1.807, 2.05) is 24.3 Å². The van der Waals surface area contributed by atoms with Gasteiger partial charge in [-0.25, -0.2) is 4.39 Å². The molecular weight excluding hydrogens is 409 g/mol. The Morgan fingerprint density at radius 1 is 1.22 bits per heavy atom. The number of carbonyl (C=O) groups excluding carboxylic acids is 2. The molecule has 2 aromatic rings. The maximum atomic E-state index is 13.7. The minimum Gasteiger partial charge on any atom is -0.494 e. The molecule has 3 atom stereocenters. The fourth-order valence-corrected chi connectivity index (χ4v) is 4.72. The molecule has 1 aliphatic carbocycles. The number of ether oxygens (including phenoxy) is 1. The van der Waals surface area contributed by atoms with Crippen LogP contribution in [0.1, 0.15) is 59.6 Å². The molecule has 1 heterocycles. The quantitative estimate of drug-likeness (QED) is 0.724. The molecule has 6 nitrogen and oxygen atoms in total. The van der Waals surface area contributed by atoms with E-state index >= 15 is 0 Å². The summed E-state index contributed by atoms with van der Waals surface area (Å²) < 4.78 is 18.8. The molecule has 2 aromatic carbocycles. The number of methoxy groups -OCH3 is 1. The van der Waals surface area contributed by atoms with Crippen LogP contribution in [0.15, 0.2) is 42.5 Å². The highest BCUT2D eigenvalue weighted by atomic mass is 19.1. The lowest BCUT2D eigenvalue weighted by Crippen LogP contribution is -2.49. The van der Waals surface area contributed by atoms with Crippen LogP contribution in [0.25, 0.3) is 0 Å². The molecule has 0 spiro atoms. The minimum absolute atomic E-state index is 0.0926. The zero-order valence-corrected chi connectivity index (χ0v) is 18.6. The fourth-order valence-electron chi connectivity index (χ4n) is 4.72. The molecule has 2 amide bonds. The second-order valence-corrected chi connectivity index (χ2v) is 8.69. The van der Waals surface area contributed by atoms with Crippen molar-refractivity contribution in [1.82, 2.24) is 15.5 Å². The van der Waals surface area contributed by atoms with Gasteiger partial charge in [-0.3, -0.25) is 9.59 Å². The summed E-state index contributed by atoms with van der Waals surface area (Å²) in [6.45, 7) is 3.25. The summed E-state index contributed by atoms with van der Waals surface area (Å²) >= 11 is 0. The number of piperazine rings is 1. The fraction of sp³-hybridized carbons (Fsp3) is 0.440. The molecular formula is C25H30FN3O3. The Bertz CT molecular complexity index is 979. The van der Waals surface area contributed by atoms with Crippen LogP contribution in [0.3, 0.4) is 0 Å². The van der Waals surface area contributed by atoms with Crippen molar-refractivity contribution in [3.05, 3.63) is 65.0 Å². The van der Waals surface area contributed by atoms with Crippen molar-refractivity contribution in [3.8, 4) is 5.75 Å². The van der Waals surface area contributed by atoms with Gasteiger partial charge >= 0.3 is 0 Å². The van der Waals surface area contributed by atoms with E-state index in [9.17, 15) is 14.0 Å². The largest absolute Gasteiger partial charge is 0.494 e. The zero-order chi connectivity index (χ0) is 22.7. The monoisotopic (exact) mass is 439 g/mol. The lowest BCUT2D eigenvalue weighted by molar-refractivity contribution is -0.123. The molecule has 2 N–H and O–H groups in total. The van der Waals surface area contributed by atoms with Crippen molar-refractivity contribution >= 4 is 11.8 Å². The average Bonchev–Trinajstić information content (AvgIpc) is 3.27. The van der Waals surface area contributed by atoms with Crippen LogP contribution < -0.4 is 15.4 Å². The van der Waals surface area contributed by atoms with Gasteiger partial charge in [-0.05, 0) is 67.5 Å². The smallest absolute Gasteiger partial charge is 0.254 e. The van der Waals surface area contributed by atoms with Gasteiger partial charge in [0.2, 0.25) is 5.91 Å². The summed E-state index contributed by atoms with van der Waals surface area (Å²) in [5.41, 5.74) is 2.86. The molecule has 1 aliphatic heterocycles. The van der Waals surface area contributed by atoms with Crippen LogP contribution in [0.4, 0.5) is 4.39 Å². The van der Waals surface area contributed by atoms with Crippen LogP contribution in [-0.2, 0) is 4.79 Å². The first-order valence-electron chi connectivity index (χ1n) is 11.2. The number of benzene rings is 2. The second kappa shape index (κ2) is 9.69. The maximum Gasteiger partial charge on any atom is 0.254 e.